The highest BCUT2D eigenvalue weighted by molar-refractivity contribution is 7.91. The van der Waals surface area contributed by atoms with Crippen LogP contribution in [0.3, 0.4) is 0 Å². The Morgan fingerprint density at radius 1 is 1.80 bits per heavy atom. The van der Waals surface area contributed by atoms with Gasteiger partial charge in [-0.3, -0.25) is 9.48 Å². The Kier molecular flexibility index (Phi) is 3.20. The average Bonchev–Trinajstić information content (AvgIpc) is 2.45. The number of rotatable bonds is 2. The molecule has 0 fully saturated rings. The molecule has 1 amide bonds. The summed E-state index contributed by atoms with van der Waals surface area (Å²) in [5.74, 6) is -1.55. The first-order chi connectivity index (χ1) is 6.86. The van der Waals surface area contributed by atoms with Crippen molar-refractivity contribution in [2.75, 3.05) is 0 Å². The molecule has 0 aliphatic heterocycles. The lowest BCUT2D eigenvalue weighted by Crippen LogP contribution is -2.16. The van der Waals surface area contributed by atoms with Gasteiger partial charge in [-0.15, -0.1) is 4.36 Å². The van der Waals surface area contributed by atoms with Gasteiger partial charge in [0.2, 0.25) is 5.03 Å². The van der Waals surface area contributed by atoms with E-state index < -0.39 is 26.7 Å². The Balaban J connectivity index is 3.33. The molecule has 1 rings (SSSR count). The van der Waals surface area contributed by atoms with E-state index in [2.05, 4.69) is 9.46 Å². The first-order valence-electron chi connectivity index (χ1n) is 4.15. The van der Waals surface area contributed by atoms with Crippen LogP contribution < -0.4 is 5.14 Å². The number of carbonyl (C=O) groups is 1. The summed E-state index contributed by atoms with van der Waals surface area (Å²) in [6, 6.07) is 0. The number of amides is 1. The van der Waals surface area contributed by atoms with E-state index in [1.807, 2.05) is 0 Å². The summed E-state index contributed by atoms with van der Waals surface area (Å²) in [5, 5.41) is 8.39. The highest BCUT2D eigenvalue weighted by Gasteiger charge is 2.18. The number of hydrogen-bond donors (Lipinski definition) is 1. The summed E-state index contributed by atoms with van der Waals surface area (Å²) < 4.78 is 29.2. The van der Waals surface area contributed by atoms with Crippen molar-refractivity contribution in [2.24, 2.45) is 9.50 Å². The number of halogens is 1. The van der Waals surface area contributed by atoms with Crippen LogP contribution in [0.15, 0.2) is 15.6 Å². The molecule has 1 aromatic rings. The Labute approximate surface area is 86.6 Å². The topological polar surface area (TPSA) is 90.3 Å². The molecular formula is C7H11FN4O2S. The third-order valence-corrected chi connectivity index (χ3v) is 2.91. The van der Waals surface area contributed by atoms with E-state index in [1.54, 1.807) is 6.92 Å². The molecule has 0 aliphatic rings. The van der Waals surface area contributed by atoms with E-state index in [0.29, 0.717) is 6.54 Å². The van der Waals surface area contributed by atoms with E-state index in [9.17, 15) is 13.4 Å². The van der Waals surface area contributed by atoms with Crippen LogP contribution in [0, 0.1) is 5.82 Å². The number of carbonyl (C=O) groups excluding carboxylic acids is 1. The van der Waals surface area contributed by atoms with Gasteiger partial charge in [0.25, 0.3) is 5.91 Å². The van der Waals surface area contributed by atoms with E-state index >= 15 is 0 Å². The zero-order chi connectivity index (χ0) is 11.6. The van der Waals surface area contributed by atoms with Crippen LogP contribution in [0.1, 0.15) is 13.8 Å². The molecule has 0 spiro atoms. The van der Waals surface area contributed by atoms with Gasteiger partial charge < -0.3 is 0 Å². The van der Waals surface area contributed by atoms with Crippen molar-refractivity contribution in [1.82, 2.24) is 9.78 Å². The molecule has 0 radical (unpaired) electrons. The molecule has 0 aliphatic carbocycles. The average molecular weight is 234 g/mol. The predicted octanol–water partition coefficient (Wildman–Crippen LogP) is 0.289. The van der Waals surface area contributed by atoms with Crippen molar-refractivity contribution < 1.29 is 13.4 Å². The Hall–Kier alpha value is -1.28. The highest BCUT2D eigenvalue weighted by atomic mass is 32.2. The minimum Gasteiger partial charge on any atom is -0.272 e. The third kappa shape index (κ3) is 2.60. The van der Waals surface area contributed by atoms with Crippen LogP contribution in [-0.4, -0.2) is 19.9 Å². The Bertz CT molecular complexity index is 501. The molecule has 1 atom stereocenters. The molecule has 2 N–H and O–H groups in total. The molecule has 84 valence electrons. The van der Waals surface area contributed by atoms with Gasteiger partial charge in [-0.2, -0.15) is 5.10 Å². The zero-order valence-corrected chi connectivity index (χ0v) is 9.12. The van der Waals surface area contributed by atoms with E-state index in [4.69, 9.17) is 5.14 Å². The van der Waals surface area contributed by atoms with Crippen molar-refractivity contribution in [3.63, 3.8) is 0 Å². The summed E-state index contributed by atoms with van der Waals surface area (Å²) in [6.45, 7) is 3.23. The predicted molar refractivity (Wildman–Crippen MR) is 51.6 cm³/mol. The molecule has 8 heteroatoms. The third-order valence-electron chi connectivity index (χ3n) is 1.55. The molecule has 0 saturated carbocycles. The molecule has 1 aromatic heterocycles. The molecule has 6 nitrogen and oxygen atoms in total. The van der Waals surface area contributed by atoms with E-state index in [1.165, 1.54) is 4.68 Å². The van der Waals surface area contributed by atoms with Gasteiger partial charge in [0.1, 0.15) is 0 Å². The van der Waals surface area contributed by atoms with E-state index in [0.717, 1.165) is 13.1 Å². The lowest BCUT2D eigenvalue weighted by Gasteiger charge is -1.97. The summed E-state index contributed by atoms with van der Waals surface area (Å²) in [4.78, 5) is 10.6. The highest BCUT2D eigenvalue weighted by Crippen LogP contribution is 2.11. The van der Waals surface area contributed by atoms with Crippen LogP contribution in [0.25, 0.3) is 0 Å². The van der Waals surface area contributed by atoms with Crippen molar-refractivity contribution >= 4 is 15.8 Å². The van der Waals surface area contributed by atoms with Crippen LogP contribution in [-0.2, 0) is 21.3 Å². The number of hydrogen-bond acceptors (Lipinski definition) is 3. The zero-order valence-electron chi connectivity index (χ0n) is 8.31. The number of aryl methyl sites for hydroxylation is 1. The SMILES string of the molecule is CCn1cc(F)c(S(N)(=O)=NC(C)=O)n1. The first-order valence-corrected chi connectivity index (χ1v) is 5.73. The maximum absolute atomic E-state index is 13.2. The van der Waals surface area contributed by atoms with Gasteiger partial charge >= 0.3 is 0 Å². The van der Waals surface area contributed by atoms with Gasteiger partial charge in [0, 0.05) is 13.5 Å². The summed E-state index contributed by atoms with van der Waals surface area (Å²) in [7, 11) is -3.56. The van der Waals surface area contributed by atoms with Crippen molar-refractivity contribution in [2.45, 2.75) is 25.4 Å². The second kappa shape index (κ2) is 4.07. The standard InChI is InChI=1S/C7H11FN4O2S/c1-3-12-4-6(8)7(10-12)15(9,14)11-5(2)13/h4H,3H2,1-2H3,(H2,9,11,13,14). The van der Waals surface area contributed by atoms with Gasteiger partial charge in [-0.1, -0.05) is 0 Å². The Morgan fingerprint density at radius 2 is 2.40 bits per heavy atom. The minimum atomic E-state index is -3.56. The second-order valence-corrected chi connectivity index (χ2v) is 4.52. The maximum atomic E-state index is 13.2. The van der Waals surface area contributed by atoms with Crippen LogP contribution >= 0.6 is 0 Å². The molecule has 0 bridgehead atoms. The monoisotopic (exact) mass is 234 g/mol. The first kappa shape index (κ1) is 11.8. The molecule has 1 unspecified atom stereocenters. The summed E-state index contributed by atoms with van der Waals surface area (Å²) in [6.07, 6.45) is 1.05. The fraction of sp³-hybridized carbons (Fsp3) is 0.429. The normalized spacial score (nSPS) is 14.7. The fourth-order valence-corrected chi connectivity index (χ4v) is 2.00. The van der Waals surface area contributed by atoms with Crippen molar-refractivity contribution in [3.8, 4) is 0 Å². The quantitative estimate of drug-likeness (QED) is 0.797. The number of nitrogens with zero attached hydrogens (tertiary/aromatic N) is 3. The summed E-state index contributed by atoms with van der Waals surface area (Å²) >= 11 is 0. The van der Waals surface area contributed by atoms with Crippen LogP contribution in [0.5, 0.6) is 0 Å². The van der Waals surface area contributed by atoms with Crippen LogP contribution in [0.4, 0.5) is 4.39 Å². The molecule has 1 heterocycles. The van der Waals surface area contributed by atoms with Gasteiger partial charge in [-0.05, 0) is 6.92 Å². The maximum Gasteiger partial charge on any atom is 0.252 e. The minimum absolute atomic E-state index is 0.409. The lowest BCUT2D eigenvalue weighted by atomic mass is 10.7. The summed E-state index contributed by atoms with van der Waals surface area (Å²) in [5.41, 5.74) is 0. The van der Waals surface area contributed by atoms with Crippen LogP contribution in [0.2, 0.25) is 0 Å². The molecule has 0 aromatic carbocycles. The molecular weight excluding hydrogens is 223 g/mol. The Morgan fingerprint density at radius 3 is 2.80 bits per heavy atom. The number of nitrogens with two attached hydrogens (primary N) is 1. The van der Waals surface area contributed by atoms with Crippen molar-refractivity contribution in [1.29, 1.82) is 0 Å². The second-order valence-electron chi connectivity index (χ2n) is 2.82. The van der Waals surface area contributed by atoms with Gasteiger partial charge in [0.15, 0.2) is 15.7 Å². The largest absolute Gasteiger partial charge is 0.272 e. The smallest absolute Gasteiger partial charge is 0.252 e. The van der Waals surface area contributed by atoms with Gasteiger partial charge in [0.05, 0.1) is 6.20 Å². The van der Waals surface area contributed by atoms with E-state index in [-0.39, 0.29) is 0 Å². The molecule has 0 saturated heterocycles. The van der Waals surface area contributed by atoms with Crippen molar-refractivity contribution in [3.05, 3.63) is 12.0 Å². The van der Waals surface area contributed by atoms with Gasteiger partial charge in [-0.25, -0.2) is 13.7 Å². The lowest BCUT2D eigenvalue weighted by molar-refractivity contribution is -0.115. The number of aromatic nitrogens is 2. The fourth-order valence-electron chi connectivity index (χ4n) is 0.974. The molecule has 15 heavy (non-hydrogen) atoms.